The van der Waals surface area contributed by atoms with Crippen molar-refractivity contribution < 1.29 is 13.2 Å². The van der Waals surface area contributed by atoms with E-state index >= 15 is 0 Å². The molecule has 0 unspecified atom stereocenters. The van der Waals surface area contributed by atoms with Crippen LogP contribution in [0.15, 0.2) is 18.2 Å². The predicted molar refractivity (Wildman–Crippen MR) is 71.1 cm³/mol. The number of rotatable bonds is 3. The van der Waals surface area contributed by atoms with Gasteiger partial charge in [0.05, 0.1) is 16.9 Å². The molecule has 0 radical (unpaired) electrons. The number of nitrogens with zero attached hydrogens (tertiary/aromatic N) is 1. The third kappa shape index (κ3) is 2.96. The minimum absolute atomic E-state index is 0.212. The first-order valence-corrected chi connectivity index (χ1v) is 6.67. The number of hydrogen-bond acceptors (Lipinski definition) is 2. The van der Waals surface area contributed by atoms with Crippen molar-refractivity contribution in [3.05, 3.63) is 23.8 Å². The van der Waals surface area contributed by atoms with Crippen LogP contribution in [0.5, 0.6) is 0 Å². The van der Waals surface area contributed by atoms with E-state index in [4.69, 9.17) is 5.73 Å². The van der Waals surface area contributed by atoms with Crippen LogP contribution in [-0.4, -0.2) is 12.6 Å². The summed E-state index contributed by atoms with van der Waals surface area (Å²) >= 11 is 0. The largest absolute Gasteiger partial charge is 0.416 e. The highest BCUT2D eigenvalue weighted by Gasteiger charge is 2.31. The third-order valence-corrected chi connectivity index (χ3v) is 3.77. The molecule has 0 heterocycles. The molecule has 0 amide bonds. The normalized spacial score (nSPS) is 16.8. The number of alkyl halides is 3. The van der Waals surface area contributed by atoms with Crippen molar-refractivity contribution in [1.82, 2.24) is 0 Å². The van der Waals surface area contributed by atoms with Crippen molar-refractivity contribution in [2.24, 2.45) is 0 Å². The van der Waals surface area contributed by atoms with E-state index in [-0.39, 0.29) is 5.69 Å². The van der Waals surface area contributed by atoms with Gasteiger partial charge in [0.15, 0.2) is 0 Å². The van der Waals surface area contributed by atoms with Crippen molar-refractivity contribution in [2.75, 3.05) is 17.2 Å². The van der Waals surface area contributed by atoms with Gasteiger partial charge in [-0.25, -0.2) is 0 Å². The Kier molecular flexibility index (Phi) is 3.92. The molecule has 1 fully saturated rings. The average molecular weight is 272 g/mol. The van der Waals surface area contributed by atoms with Gasteiger partial charge in [-0.2, -0.15) is 13.2 Å². The number of nitrogen functional groups attached to an aromatic ring is 1. The quantitative estimate of drug-likeness (QED) is 0.841. The molecule has 0 saturated heterocycles. The molecule has 2 nitrogen and oxygen atoms in total. The molecule has 0 bridgehead atoms. The van der Waals surface area contributed by atoms with Gasteiger partial charge in [-0.15, -0.1) is 0 Å². The SMILES string of the molecule is CCN(c1ccc(C(F)(F)F)cc1N)C1CCCC1. The Morgan fingerprint density at radius 2 is 1.89 bits per heavy atom. The summed E-state index contributed by atoms with van der Waals surface area (Å²) in [5, 5.41) is 0. The van der Waals surface area contributed by atoms with E-state index in [0.29, 0.717) is 6.04 Å². The zero-order valence-electron chi connectivity index (χ0n) is 11.0. The van der Waals surface area contributed by atoms with Crippen LogP contribution in [0.25, 0.3) is 0 Å². The highest BCUT2D eigenvalue weighted by molar-refractivity contribution is 5.69. The van der Waals surface area contributed by atoms with E-state index in [1.54, 1.807) is 0 Å². The molecule has 0 aliphatic heterocycles. The Balaban J connectivity index is 2.28. The van der Waals surface area contributed by atoms with Crippen LogP contribution in [0.4, 0.5) is 24.5 Å². The number of halogens is 3. The molecule has 0 aromatic heterocycles. The van der Waals surface area contributed by atoms with Crippen LogP contribution in [0.2, 0.25) is 0 Å². The summed E-state index contributed by atoms with van der Waals surface area (Å²) < 4.78 is 37.8. The van der Waals surface area contributed by atoms with Gasteiger partial charge < -0.3 is 10.6 Å². The Labute approximate surface area is 111 Å². The van der Waals surface area contributed by atoms with Crippen molar-refractivity contribution >= 4 is 11.4 Å². The van der Waals surface area contributed by atoms with Gasteiger partial charge in [0.1, 0.15) is 0 Å². The van der Waals surface area contributed by atoms with Crippen molar-refractivity contribution in [3.8, 4) is 0 Å². The van der Waals surface area contributed by atoms with Gasteiger partial charge in [0.25, 0.3) is 0 Å². The molecule has 1 saturated carbocycles. The maximum absolute atomic E-state index is 12.6. The summed E-state index contributed by atoms with van der Waals surface area (Å²) in [6.07, 6.45) is 0.211. The molecule has 2 rings (SSSR count). The Bertz CT molecular complexity index is 437. The van der Waals surface area contributed by atoms with Crippen LogP contribution < -0.4 is 10.6 Å². The molecule has 1 aromatic rings. The Morgan fingerprint density at radius 1 is 1.26 bits per heavy atom. The second kappa shape index (κ2) is 5.31. The standard InChI is InChI=1S/C14H19F3N2/c1-2-19(11-5-3-4-6-11)13-8-7-10(9-12(13)18)14(15,16)17/h7-9,11H,2-6,18H2,1H3. The monoisotopic (exact) mass is 272 g/mol. The second-order valence-corrected chi connectivity index (χ2v) is 5.00. The number of nitrogens with two attached hydrogens (primary N) is 1. The first-order valence-electron chi connectivity index (χ1n) is 6.67. The average Bonchev–Trinajstić information content (AvgIpc) is 2.84. The zero-order chi connectivity index (χ0) is 14.0. The van der Waals surface area contributed by atoms with Crippen LogP contribution >= 0.6 is 0 Å². The fraction of sp³-hybridized carbons (Fsp3) is 0.571. The molecule has 5 heteroatoms. The fourth-order valence-corrected chi connectivity index (χ4v) is 2.83. The van der Waals surface area contributed by atoms with E-state index in [1.165, 1.54) is 18.9 Å². The highest BCUT2D eigenvalue weighted by Crippen LogP contribution is 2.36. The van der Waals surface area contributed by atoms with Gasteiger partial charge in [-0.05, 0) is 38.0 Å². The molecule has 1 aromatic carbocycles. The summed E-state index contributed by atoms with van der Waals surface area (Å²) in [7, 11) is 0. The van der Waals surface area contributed by atoms with Gasteiger partial charge >= 0.3 is 6.18 Å². The Hall–Kier alpha value is -1.39. The van der Waals surface area contributed by atoms with E-state index in [9.17, 15) is 13.2 Å². The number of anilines is 2. The molecule has 1 aliphatic carbocycles. The predicted octanol–water partition coefficient (Wildman–Crippen LogP) is 4.06. The molecule has 0 spiro atoms. The van der Waals surface area contributed by atoms with E-state index in [2.05, 4.69) is 4.90 Å². The maximum Gasteiger partial charge on any atom is 0.416 e. The first-order chi connectivity index (χ1) is 8.93. The summed E-state index contributed by atoms with van der Waals surface area (Å²) in [5.41, 5.74) is 6.07. The Morgan fingerprint density at radius 3 is 2.37 bits per heavy atom. The molecule has 2 N–H and O–H groups in total. The van der Waals surface area contributed by atoms with Gasteiger partial charge in [-0.1, -0.05) is 12.8 Å². The lowest BCUT2D eigenvalue weighted by Gasteiger charge is -2.31. The van der Waals surface area contributed by atoms with Crippen LogP contribution in [-0.2, 0) is 6.18 Å². The molecular formula is C14H19F3N2. The van der Waals surface area contributed by atoms with Crippen LogP contribution in [0.1, 0.15) is 38.2 Å². The zero-order valence-corrected chi connectivity index (χ0v) is 11.0. The minimum atomic E-state index is -4.34. The summed E-state index contributed by atoms with van der Waals surface area (Å²) in [4.78, 5) is 2.13. The van der Waals surface area contributed by atoms with Crippen LogP contribution in [0, 0.1) is 0 Å². The second-order valence-electron chi connectivity index (χ2n) is 5.00. The van der Waals surface area contributed by atoms with E-state index < -0.39 is 11.7 Å². The lowest BCUT2D eigenvalue weighted by Crippen LogP contribution is -2.33. The van der Waals surface area contributed by atoms with Gasteiger partial charge in [0.2, 0.25) is 0 Å². The minimum Gasteiger partial charge on any atom is -0.397 e. The van der Waals surface area contributed by atoms with Crippen molar-refractivity contribution in [2.45, 2.75) is 44.8 Å². The summed E-state index contributed by atoms with van der Waals surface area (Å²) in [6, 6.07) is 4.06. The lowest BCUT2D eigenvalue weighted by molar-refractivity contribution is -0.137. The molecule has 1 aliphatic rings. The topological polar surface area (TPSA) is 29.3 Å². The molecule has 106 valence electrons. The van der Waals surface area contributed by atoms with Crippen LogP contribution in [0.3, 0.4) is 0 Å². The molecule has 19 heavy (non-hydrogen) atoms. The fourth-order valence-electron chi connectivity index (χ4n) is 2.83. The van der Waals surface area contributed by atoms with Crippen molar-refractivity contribution in [3.63, 3.8) is 0 Å². The first kappa shape index (κ1) is 14.0. The lowest BCUT2D eigenvalue weighted by atomic mass is 10.1. The number of benzene rings is 1. The molecular weight excluding hydrogens is 253 g/mol. The third-order valence-electron chi connectivity index (χ3n) is 3.77. The van der Waals surface area contributed by atoms with E-state index in [0.717, 1.165) is 37.2 Å². The number of hydrogen-bond donors (Lipinski definition) is 1. The van der Waals surface area contributed by atoms with Crippen molar-refractivity contribution in [1.29, 1.82) is 0 Å². The maximum atomic E-state index is 12.6. The highest BCUT2D eigenvalue weighted by atomic mass is 19.4. The summed E-state index contributed by atoms with van der Waals surface area (Å²) in [5.74, 6) is 0. The smallest absolute Gasteiger partial charge is 0.397 e. The van der Waals surface area contributed by atoms with E-state index in [1.807, 2.05) is 6.92 Å². The van der Waals surface area contributed by atoms with Gasteiger partial charge in [-0.3, -0.25) is 0 Å². The summed E-state index contributed by atoms with van der Waals surface area (Å²) in [6.45, 7) is 2.77. The van der Waals surface area contributed by atoms with Gasteiger partial charge in [0, 0.05) is 12.6 Å². The molecule has 0 atom stereocenters.